The molecule has 0 bridgehead atoms. The van der Waals surface area contributed by atoms with Crippen LogP contribution >= 0.6 is 0 Å². The largest absolute Gasteiger partial charge is 0.384 e. The van der Waals surface area contributed by atoms with Gasteiger partial charge in [-0.25, -0.2) is 0 Å². The molecule has 0 atom stereocenters. The Morgan fingerprint density at radius 2 is 1.92 bits per heavy atom. The Balaban J connectivity index is 0.000000137. The van der Waals surface area contributed by atoms with Gasteiger partial charge in [0.05, 0.1) is 0 Å². The average molecular weight is 176 g/mol. The molecule has 0 spiro atoms. The van der Waals surface area contributed by atoms with Crippen LogP contribution in [0.15, 0.2) is 24.3 Å². The lowest BCUT2D eigenvalue weighted by Gasteiger charge is -1.94. The van der Waals surface area contributed by atoms with Crippen LogP contribution in [0, 0.1) is 0 Å². The Hall–Kier alpha value is -1.02. The maximum absolute atomic E-state index is 5.22. The molecule has 0 amide bonds. The fraction of sp³-hybridized carbons (Fsp3) is 0.455. The van der Waals surface area contributed by atoms with Gasteiger partial charge in [0.15, 0.2) is 0 Å². The monoisotopic (exact) mass is 176 g/mol. The summed E-state index contributed by atoms with van der Waals surface area (Å²) in [6, 6.07) is 9.04. The molecule has 1 heterocycles. The maximum Gasteiger partial charge on any atom is 0.0373 e. The van der Waals surface area contributed by atoms with Crippen molar-refractivity contribution < 1.29 is 0 Å². The summed E-state index contributed by atoms with van der Waals surface area (Å²) in [7, 11) is 0. The van der Waals surface area contributed by atoms with Gasteiger partial charge in [0.1, 0.15) is 0 Å². The lowest BCUT2D eigenvalue weighted by Crippen LogP contribution is -1.94. The summed E-state index contributed by atoms with van der Waals surface area (Å²) in [6.07, 6.45) is 3.72. The molecule has 1 aliphatic heterocycles. The van der Waals surface area contributed by atoms with Gasteiger partial charge in [0, 0.05) is 18.3 Å². The Bertz CT molecular complexity index is 256. The molecular formula is C11H16N2. The van der Waals surface area contributed by atoms with Crippen molar-refractivity contribution in [2.75, 3.05) is 11.9 Å². The molecule has 1 aliphatic carbocycles. The Labute approximate surface area is 79.1 Å². The molecule has 1 fully saturated rings. The zero-order valence-corrected chi connectivity index (χ0v) is 7.79. The fourth-order valence-corrected chi connectivity index (χ4v) is 1.34. The number of para-hydroxylation sites is 1. The fourth-order valence-electron chi connectivity index (χ4n) is 1.34. The van der Waals surface area contributed by atoms with Gasteiger partial charge >= 0.3 is 0 Å². The summed E-state index contributed by atoms with van der Waals surface area (Å²) in [5, 5.41) is 3.30. The number of benzene rings is 1. The van der Waals surface area contributed by atoms with Crippen LogP contribution in [-0.4, -0.2) is 12.6 Å². The first-order valence-corrected chi connectivity index (χ1v) is 4.93. The molecule has 0 unspecified atom stereocenters. The van der Waals surface area contributed by atoms with Crippen molar-refractivity contribution >= 4 is 5.69 Å². The Morgan fingerprint density at radius 1 is 1.23 bits per heavy atom. The Morgan fingerprint density at radius 3 is 2.54 bits per heavy atom. The summed E-state index contributed by atoms with van der Waals surface area (Å²) in [5.74, 6) is 0. The van der Waals surface area contributed by atoms with Crippen molar-refractivity contribution in [2.45, 2.75) is 25.3 Å². The van der Waals surface area contributed by atoms with Gasteiger partial charge in [-0.3, -0.25) is 0 Å². The second-order valence-corrected chi connectivity index (χ2v) is 3.67. The van der Waals surface area contributed by atoms with Crippen molar-refractivity contribution in [3.63, 3.8) is 0 Å². The summed E-state index contributed by atoms with van der Waals surface area (Å²) in [5.41, 5.74) is 8.00. The molecule has 3 rings (SSSR count). The van der Waals surface area contributed by atoms with Gasteiger partial charge in [-0.1, -0.05) is 18.2 Å². The van der Waals surface area contributed by atoms with E-state index in [0.29, 0.717) is 6.04 Å². The second kappa shape index (κ2) is 3.79. The van der Waals surface area contributed by atoms with E-state index in [-0.39, 0.29) is 0 Å². The van der Waals surface area contributed by atoms with E-state index in [1.165, 1.54) is 30.5 Å². The number of hydrogen-bond acceptors (Lipinski definition) is 2. The van der Waals surface area contributed by atoms with Gasteiger partial charge in [-0.15, -0.1) is 0 Å². The van der Waals surface area contributed by atoms with Crippen LogP contribution in [0.2, 0.25) is 0 Å². The number of fused-ring (bicyclic) bond motifs is 1. The molecule has 3 N–H and O–H groups in total. The van der Waals surface area contributed by atoms with Gasteiger partial charge in [-0.2, -0.15) is 0 Å². The van der Waals surface area contributed by atoms with Crippen molar-refractivity contribution in [3.05, 3.63) is 29.8 Å². The number of nitrogens with one attached hydrogen (secondary N) is 1. The van der Waals surface area contributed by atoms with Crippen molar-refractivity contribution in [2.24, 2.45) is 5.73 Å². The molecule has 70 valence electrons. The van der Waals surface area contributed by atoms with E-state index < -0.39 is 0 Å². The summed E-state index contributed by atoms with van der Waals surface area (Å²) >= 11 is 0. The van der Waals surface area contributed by atoms with E-state index in [9.17, 15) is 0 Å². The quantitative estimate of drug-likeness (QED) is 0.632. The normalized spacial score (nSPS) is 18.2. The minimum Gasteiger partial charge on any atom is -0.384 e. The SMILES string of the molecule is NC1CC1.c1ccc2c(c1)CCN2. The highest BCUT2D eigenvalue weighted by Gasteiger charge is 2.13. The predicted octanol–water partition coefficient (Wildman–Crippen LogP) is 1.76. The van der Waals surface area contributed by atoms with Gasteiger partial charge in [-0.05, 0) is 30.9 Å². The number of rotatable bonds is 0. The summed E-state index contributed by atoms with van der Waals surface area (Å²) < 4.78 is 0. The molecule has 2 nitrogen and oxygen atoms in total. The molecule has 13 heavy (non-hydrogen) atoms. The minimum atomic E-state index is 0.583. The van der Waals surface area contributed by atoms with E-state index in [1.54, 1.807) is 0 Å². The van der Waals surface area contributed by atoms with Crippen LogP contribution < -0.4 is 11.1 Å². The number of hydrogen-bond donors (Lipinski definition) is 2. The average Bonchev–Trinajstić information content (AvgIpc) is 2.82. The number of nitrogens with two attached hydrogens (primary N) is 1. The molecule has 2 aliphatic rings. The van der Waals surface area contributed by atoms with Crippen LogP contribution in [0.4, 0.5) is 5.69 Å². The van der Waals surface area contributed by atoms with E-state index in [0.717, 1.165) is 6.54 Å². The third-order valence-electron chi connectivity index (χ3n) is 2.35. The van der Waals surface area contributed by atoms with Crippen molar-refractivity contribution in [1.29, 1.82) is 0 Å². The first-order chi connectivity index (χ1) is 6.36. The first kappa shape index (κ1) is 8.57. The second-order valence-electron chi connectivity index (χ2n) is 3.67. The summed E-state index contributed by atoms with van der Waals surface area (Å²) in [4.78, 5) is 0. The van der Waals surface area contributed by atoms with Gasteiger partial charge < -0.3 is 11.1 Å². The Kier molecular flexibility index (Phi) is 2.50. The third-order valence-corrected chi connectivity index (χ3v) is 2.35. The zero-order valence-electron chi connectivity index (χ0n) is 7.79. The molecule has 1 aromatic carbocycles. The third kappa shape index (κ3) is 2.46. The van der Waals surface area contributed by atoms with Crippen LogP contribution in [0.25, 0.3) is 0 Å². The molecule has 1 saturated carbocycles. The highest BCUT2D eigenvalue weighted by molar-refractivity contribution is 5.54. The van der Waals surface area contributed by atoms with E-state index in [4.69, 9.17) is 5.73 Å². The molecule has 2 heteroatoms. The lowest BCUT2D eigenvalue weighted by atomic mass is 10.2. The van der Waals surface area contributed by atoms with Crippen molar-refractivity contribution in [3.8, 4) is 0 Å². The molecule has 0 aromatic heterocycles. The van der Waals surface area contributed by atoms with E-state index in [2.05, 4.69) is 29.6 Å². The smallest absolute Gasteiger partial charge is 0.0373 e. The van der Waals surface area contributed by atoms with E-state index in [1.807, 2.05) is 0 Å². The van der Waals surface area contributed by atoms with Crippen LogP contribution in [0.1, 0.15) is 18.4 Å². The summed E-state index contributed by atoms with van der Waals surface area (Å²) in [6.45, 7) is 1.11. The maximum atomic E-state index is 5.22. The topological polar surface area (TPSA) is 38.0 Å². The van der Waals surface area contributed by atoms with E-state index >= 15 is 0 Å². The standard InChI is InChI=1S/C8H9N.C3H7N/c1-2-4-8-7(3-1)5-6-9-8;4-3-1-2-3/h1-4,9H,5-6H2;3H,1-2,4H2. The molecular weight excluding hydrogens is 160 g/mol. The van der Waals surface area contributed by atoms with Gasteiger partial charge in [0.2, 0.25) is 0 Å². The van der Waals surface area contributed by atoms with Crippen LogP contribution in [0.3, 0.4) is 0 Å². The number of anilines is 1. The lowest BCUT2D eigenvalue weighted by molar-refractivity contribution is 1.07. The first-order valence-electron chi connectivity index (χ1n) is 4.93. The van der Waals surface area contributed by atoms with Crippen LogP contribution in [-0.2, 0) is 6.42 Å². The molecule has 1 aromatic rings. The predicted molar refractivity (Wildman–Crippen MR) is 55.8 cm³/mol. The molecule has 0 saturated heterocycles. The van der Waals surface area contributed by atoms with Crippen molar-refractivity contribution in [1.82, 2.24) is 0 Å². The zero-order chi connectivity index (χ0) is 9.10. The molecule has 0 radical (unpaired) electrons. The van der Waals surface area contributed by atoms with Gasteiger partial charge in [0.25, 0.3) is 0 Å². The van der Waals surface area contributed by atoms with Crippen LogP contribution in [0.5, 0.6) is 0 Å². The minimum absolute atomic E-state index is 0.583. The highest BCUT2D eigenvalue weighted by atomic mass is 14.9. The highest BCUT2D eigenvalue weighted by Crippen LogP contribution is 2.19.